The van der Waals surface area contributed by atoms with Crippen molar-refractivity contribution in [2.24, 2.45) is 5.92 Å². The Morgan fingerprint density at radius 3 is 3.00 bits per heavy atom. The van der Waals surface area contributed by atoms with E-state index in [2.05, 4.69) is 15.9 Å². The molecular weight excluding hydrogens is 307 g/mol. The van der Waals surface area contributed by atoms with E-state index in [9.17, 15) is 4.39 Å². The fourth-order valence-electron chi connectivity index (χ4n) is 2.74. The Morgan fingerprint density at radius 2 is 2.32 bits per heavy atom. The van der Waals surface area contributed by atoms with E-state index in [1.165, 1.54) is 38.2 Å². The molecule has 106 valence electrons. The highest BCUT2D eigenvalue weighted by Crippen LogP contribution is 2.22. The molecule has 0 spiro atoms. The smallest absolute Gasteiger partial charge is 0.123 e. The average molecular weight is 329 g/mol. The van der Waals surface area contributed by atoms with Gasteiger partial charge in [-0.3, -0.25) is 0 Å². The summed E-state index contributed by atoms with van der Waals surface area (Å²) in [4.78, 5) is 0. The fourth-order valence-corrected chi connectivity index (χ4v) is 3.29. The molecule has 0 radical (unpaired) electrons. The summed E-state index contributed by atoms with van der Waals surface area (Å²) in [6, 6.07) is 6.96. The second-order valence-electron chi connectivity index (χ2n) is 5.42. The molecule has 19 heavy (non-hydrogen) atoms. The van der Waals surface area contributed by atoms with E-state index in [-0.39, 0.29) is 5.82 Å². The van der Waals surface area contributed by atoms with Gasteiger partial charge in [-0.05, 0) is 55.7 Å². The molecule has 0 aromatic heterocycles. The highest BCUT2D eigenvalue weighted by atomic mass is 79.9. The zero-order valence-electron chi connectivity index (χ0n) is 11.3. The third-order valence-electron chi connectivity index (χ3n) is 3.79. The van der Waals surface area contributed by atoms with Gasteiger partial charge < -0.3 is 4.74 Å². The second-order valence-corrected chi connectivity index (χ2v) is 6.07. The van der Waals surface area contributed by atoms with Gasteiger partial charge in [0.05, 0.1) is 6.10 Å². The number of benzene rings is 1. The lowest BCUT2D eigenvalue weighted by Gasteiger charge is -2.15. The van der Waals surface area contributed by atoms with E-state index in [0.29, 0.717) is 12.0 Å². The molecule has 1 aliphatic rings. The molecule has 1 aliphatic heterocycles. The monoisotopic (exact) mass is 328 g/mol. The van der Waals surface area contributed by atoms with Gasteiger partial charge in [0, 0.05) is 11.9 Å². The first-order chi connectivity index (χ1) is 9.28. The van der Waals surface area contributed by atoms with Crippen LogP contribution in [-0.4, -0.2) is 18.0 Å². The summed E-state index contributed by atoms with van der Waals surface area (Å²) in [6.45, 7) is 0.940. The molecule has 1 aromatic carbocycles. The van der Waals surface area contributed by atoms with Crippen molar-refractivity contribution in [2.45, 2.75) is 44.6 Å². The number of hydrogen-bond acceptors (Lipinski definition) is 1. The molecule has 0 bridgehead atoms. The van der Waals surface area contributed by atoms with Crippen LogP contribution < -0.4 is 0 Å². The van der Waals surface area contributed by atoms with Crippen LogP contribution >= 0.6 is 15.9 Å². The molecule has 0 N–H and O–H groups in total. The number of halogens is 2. The van der Waals surface area contributed by atoms with Gasteiger partial charge in [-0.15, -0.1) is 0 Å². The molecule has 0 amide bonds. The maximum Gasteiger partial charge on any atom is 0.123 e. The minimum absolute atomic E-state index is 0.134. The van der Waals surface area contributed by atoms with Gasteiger partial charge in [-0.25, -0.2) is 4.39 Å². The molecule has 0 saturated carbocycles. The van der Waals surface area contributed by atoms with Gasteiger partial charge >= 0.3 is 0 Å². The minimum atomic E-state index is -0.134. The lowest BCUT2D eigenvalue weighted by atomic mass is 9.95. The maximum atomic E-state index is 13.1. The van der Waals surface area contributed by atoms with Crippen molar-refractivity contribution in [3.63, 3.8) is 0 Å². The standard InChI is InChI=1S/C16H22BrFO/c17-12-14(5-2-7-16-8-3-9-19-16)10-13-4-1-6-15(18)11-13/h1,4,6,11,14,16H,2-3,5,7-10,12H2. The zero-order valence-corrected chi connectivity index (χ0v) is 12.9. The summed E-state index contributed by atoms with van der Waals surface area (Å²) in [5, 5.41) is 0.981. The first-order valence-corrected chi connectivity index (χ1v) is 8.32. The third-order valence-corrected chi connectivity index (χ3v) is 4.71. The molecule has 1 fully saturated rings. The largest absolute Gasteiger partial charge is 0.378 e. The SMILES string of the molecule is Fc1cccc(CC(CBr)CCCC2CCCO2)c1. The molecule has 1 heterocycles. The van der Waals surface area contributed by atoms with Gasteiger partial charge in [0.2, 0.25) is 0 Å². The van der Waals surface area contributed by atoms with Crippen LogP contribution in [0.5, 0.6) is 0 Å². The Balaban J connectivity index is 1.73. The van der Waals surface area contributed by atoms with E-state index in [0.717, 1.165) is 23.9 Å². The topological polar surface area (TPSA) is 9.23 Å². The maximum absolute atomic E-state index is 13.1. The highest BCUT2D eigenvalue weighted by Gasteiger charge is 2.16. The first-order valence-electron chi connectivity index (χ1n) is 7.20. The van der Waals surface area contributed by atoms with Crippen molar-refractivity contribution in [1.29, 1.82) is 0 Å². The van der Waals surface area contributed by atoms with E-state index < -0.39 is 0 Å². The van der Waals surface area contributed by atoms with Crippen molar-refractivity contribution in [1.82, 2.24) is 0 Å². The quantitative estimate of drug-likeness (QED) is 0.657. The number of alkyl halides is 1. The predicted molar refractivity (Wildman–Crippen MR) is 80.2 cm³/mol. The van der Waals surface area contributed by atoms with Crippen molar-refractivity contribution in [3.05, 3.63) is 35.6 Å². The Labute approximate surface area is 123 Å². The van der Waals surface area contributed by atoms with E-state index in [1.54, 1.807) is 12.1 Å². The number of ether oxygens (including phenoxy) is 1. The van der Waals surface area contributed by atoms with Crippen LogP contribution in [0.15, 0.2) is 24.3 Å². The molecule has 0 aliphatic carbocycles. The van der Waals surface area contributed by atoms with Gasteiger partial charge in [-0.1, -0.05) is 34.5 Å². The van der Waals surface area contributed by atoms with Gasteiger partial charge in [-0.2, -0.15) is 0 Å². The van der Waals surface area contributed by atoms with Crippen LogP contribution in [0.25, 0.3) is 0 Å². The summed E-state index contributed by atoms with van der Waals surface area (Å²) in [5.41, 5.74) is 1.10. The molecule has 1 nitrogen and oxygen atoms in total. The predicted octanol–water partition coefficient (Wildman–Crippen LogP) is 4.73. The average Bonchev–Trinajstić information content (AvgIpc) is 2.91. The van der Waals surface area contributed by atoms with E-state index >= 15 is 0 Å². The second kappa shape index (κ2) is 8.01. The molecule has 3 heteroatoms. The molecule has 1 saturated heterocycles. The number of rotatable bonds is 7. The molecule has 1 aromatic rings. The van der Waals surface area contributed by atoms with E-state index in [1.807, 2.05) is 6.07 Å². The van der Waals surface area contributed by atoms with Crippen molar-refractivity contribution in [2.75, 3.05) is 11.9 Å². The van der Waals surface area contributed by atoms with Gasteiger partial charge in [0.1, 0.15) is 5.82 Å². The van der Waals surface area contributed by atoms with Crippen molar-refractivity contribution >= 4 is 15.9 Å². The molecular formula is C16H22BrFO. The van der Waals surface area contributed by atoms with Crippen LogP contribution in [0.4, 0.5) is 4.39 Å². The summed E-state index contributed by atoms with van der Waals surface area (Å²) in [7, 11) is 0. The van der Waals surface area contributed by atoms with Crippen LogP contribution in [0.1, 0.15) is 37.7 Å². The molecule has 2 rings (SSSR count). The van der Waals surface area contributed by atoms with Crippen LogP contribution in [0, 0.1) is 11.7 Å². The lowest BCUT2D eigenvalue weighted by molar-refractivity contribution is 0.101. The van der Waals surface area contributed by atoms with Crippen LogP contribution in [-0.2, 0) is 11.2 Å². The van der Waals surface area contributed by atoms with Gasteiger partial charge in [0.25, 0.3) is 0 Å². The first kappa shape index (κ1) is 15.0. The normalized spacial score (nSPS) is 20.6. The van der Waals surface area contributed by atoms with Crippen molar-refractivity contribution in [3.8, 4) is 0 Å². The summed E-state index contributed by atoms with van der Waals surface area (Å²) in [5.74, 6) is 0.452. The van der Waals surface area contributed by atoms with Crippen LogP contribution in [0.3, 0.4) is 0 Å². The Morgan fingerprint density at radius 1 is 1.42 bits per heavy atom. The summed E-state index contributed by atoms with van der Waals surface area (Å²) in [6.07, 6.45) is 7.45. The Kier molecular flexibility index (Phi) is 6.32. The lowest BCUT2D eigenvalue weighted by Crippen LogP contribution is -2.09. The zero-order chi connectivity index (χ0) is 13.5. The summed E-state index contributed by atoms with van der Waals surface area (Å²) < 4.78 is 18.8. The Bertz CT molecular complexity index is 377. The van der Waals surface area contributed by atoms with Gasteiger partial charge in [0.15, 0.2) is 0 Å². The minimum Gasteiger partial charge on any atom is -0.378 e. The Hall–Kier alpha value is -0.410. The van der Waals surface area contributed by atoms with Crippen LogP contribution in [0.2, 0.25) is 0 Å². The van der Waals surface area contributed by atoms with Crippen molar-refractivity contribution < 1.29 is 9.13 Å². The summed E-state index contributed by atoms with van der Waals surface area (Å²) >= 11 is 3.58. The third kappa shape index (κ3) is 5.23. The fraction of sp³-hybridized carbons (Fsp3) is 0.625. The van der Waals surface area contributed by atoms with E-state index in [4.69, 9.17) is 4.74 Å². The highest BCUT2D eigenvalue weighted by molar-refractivity contribution is 9.09. The number of hydrogen-bond donors (Lipinski definition) is 0. The molecule has 2 unspecified atom stereocenters. The molecule has 2 atom stereocenters.